The van der Waals surface area contributed by atoms with Crippen LogP contribution < -0.4 is 15.8 Å². The molecule has 2 rings (SSSR count). The Balaban J connectivity index is 2.26. The first-order valence-electron chi connectivity index (χ1n) is 6.01. The molecule has 0 radical (unpaired) electrons. The highest BCUT2D eigenvalue weighted by molar-refractivity contribution is 6.05. The summed E-state index contributed by atoms with van der Waals surface area (Å²) in [5, 5.41) is 2.51. The quantitative estimate of drug-likeness (QED) is 0.846. The number of hydrogen-bond donors (Lipinski definition) is 2. The van der Waals surface area contributed by atoms with Crippen molar-refractivity contribution in [2.75, 3.05) is 18.2 Å². The molecule has 0 aliphatic rings. The highest BCUT2D eigenvalue weighted by atomic mass is 19.1. The van der Waals surface area contributed by atoms with E-state index in [2.05, 4.69) is 5.32 Å². The molecule has 0 saturated carbocycles. The van der Waals surface area contributed by atoms with Gasteiger partial charge in [-0.3, -0.25) is 4.79 Å². The van der Waals surface area contributed by atoms with Crippen LogP contribution in [0.4, 0.5) is 15.8 Å². The van der Waals surface area contributed by atoms with E-state index in [1.54, 1.807) is 19.1 Å². The van der Waals surface area contributed by atoms with Gasteiger partial charge in [0.15, 0.2) is 0 Å². The second kappa shape index (κ2) is 5.61. The van der Waals surface area contributed by atoms with Crippen molar-refractivity contribution in [3.05, 3.63) is 53.3 Å². The van der Waals surface area contributed by atoms with Gasteiger partial charge in [-0.2, -0.15) is 0 Å². The number of nitrogens with one attached hydrogen (secondary N) is 1. The zero-order valence-corrected chi connectivity index (χ0v) is 11.2. The maximum atomic E-state index is 13.7. The molecule has 2 aromatic carbocycles. The average molecular weight is 274 g/mol. The first-order valence-corrected chi connectivity index (χ1v) is 6.01. The van der Waals surface area contributed by atoms with Crippen LogP contribution in [0.1, 0.15) is 15.9 Å². The van der Waals surface area contributed by atoms with Gasteiger partial charge in [0.2, 0.25) is 0 Å². The summed E-state index contributed by atoms with van der Waals surface area (Å²) >= 11 is 0. The predicted molar refractivity (Wildman–Crippen MR) is 76.5 cm³/mol. The number of amides is 1. The van der Waals surface area contributed by atoms with Crippen LogP contribution in [0.25, 0.3) is 0 Å². The summed E-state index contributed by atoms with van der Waals surface area (Å²) in [6, 6.07) is 9.24. The highest BCUT2D eigenvalue weighted by Gasteiger charge is 2.11. The molecule has 0 aromatic heterocycles. The number of nitrogen functional groups attached to an aromatic ring is 1. The fraction of sp³-hybridized carbons (Fsp3) is 0.133. The minimum atomic E-state index is -0.478. The summed E-state index contributed by atoms with van der Waals surface area (Å²) in [7, 11) is 1.48. The Labute approximate surface area is 116 Å². The van der Waals surface area contributed by atoms with Crippen LogP contribution in [-0.4, -0.2) is 13.0 Å². The molecule has 20 heavy (non-hydrogen) atoms. The van der Waals surface area contributed by atoms with Crippen molar-refractivity contribution in [1.29, 1.82) is 0 Å². The van der Waals surface area contributed by atoms with E-state index in [0.717, 1.165) is 5.56 Å². The van der Waals surface area contributed by atoms with Crippen LogP contribution in [0, 0.1) is 12.7 Å². The zero-order valence-electron chi connectivity index (χ0n) is 11.2. The number of carbonyl (C=O) groups is 1. The molecule has 0 aliphatic heterocycles. The lowest BCUT2D eigenvalue weighted by Crippen LogP contribution is -2.13. The molecule has 0 bridgehead atoms. The molecule has 0 unspecified atom stereocenters. The van der Waals surface area contributed by atoms with Crippen molar-refractivity contribution in [1.82, 2.24) is 0 Å². The number of ether oxygens (including phenoxy) is 1. The lowest BCUT2D eigenvalue weighted by atomic mass is 10.1. The maximum Gasteiger partial charge on any atom is 0.255 e. The zero-order chi connectivity index (χ0) is 14.7. The normalized spacial score (nSPS) is 10.2. The summed E-state index contributed by atoms with van der Waals surface area (Å²) in [6.45, 7) is 1.78. The van der Waals surface area contributed by atoms with Crippen molar-refractivity contribution < 1.29 is 13.9 Å². The van der Waals surface area contributed by atoms with E-state index in [0.29, 0.717) is 17.0 Å². The predicted octanol–water partition coefficient (Wildman–Crippen LogP) is 2.98. The van der Waals surface area contributed by atoms with Crippen LogP contribution in [0.15, 0.2) is 36.4 Å². The van der Waals surface area contributed by atoms with Crippen molar-refractivity contribution in [3.63, 3.8) is 0 Å². The van der Waals surface area contributed by atoms with Crippen molar-refractivity contribution in [2.45, 2.75) is 6.92 Å². The molecule has 104 valence electrons. The first-order chi connectivity index (χ1) is 9.49. The fourth-order valence-corrected chi connectivity index (χ4v) is 1.79. The molecule has 1 amide bonds. The third-order valence-corrected chi connectivity index (χ3v) is 2.80. The second-order valence-corrected chi connectivity index (χ2v) is 4.43. The van der Waals surface area contributed by atoms with Crippen LogP contribution in [-0.2, 0) is 0 Å². The monoisotopic (exact) mass is 274 g/mol. The van der Waals surface area contributed by atoms with Gasteiger partial charge in [0.25, 0.3) is 5.91 Å². The summed E-state index contributed by atoms with van der Waals surface area (Å²) in [5.41, 5.74) is 7.30. The third-order valence-electron chi connectivity index (χ3n) is 2.80. The highest BCUT2D eigenvalue weighted by Crippen LogP contribution is 2.21. The van der Waals surface area contributed by atoms with Gasteiger partial charge in [-0.25, -0.2) is 4.39 Å². The Morgan fingerprint density at radius 3 is 2.65 bits per heavy atom. The first kappa shape index (κ1) is 13.9. The maximum absolute atomic E-state index is 13.7. The van der Waals surface area contributed by atoms with Crippen LogP contribution in [0.2, 0.25) is 0 Å². The van der Waals surface area contributed by atoms with E-state index in [1.807, 2.05) is 0 Å². The Bertz CT molecular complexity index is 656. The Hall–Kier alpha value is -2.56. The number of nitrogens with two attached hydrogens (primary N) is 1. The fourth-order valence-electron chi connectivity index (χ4n) is 1.79. The lowest BCUT2D eigenvalue weighted by molar-refractivity contribution is 0.102. The Morgan fingerprint density at radius 1 is 1.25 bits per heavy atom. The van der Waals surface area contributed by atoms with Gasteiger partial charge in [0, 0.05) is 17.3 Å². The van der Waals surface area contributed by atoms with Gasteiger partial charge in [0.1, 0.15) is 11.6 Å². The van der Waals surface area contributed by atoms with E-state index in [9.17, 15) is 9.18 Å². The molecule has 5 heteroatoms. The molecule has 0 atom stereocenters. The number of anilines is 2. The molecule has 0 heterocycles. The van der Waals surface area contributed by atoms with E-state index in [1.165, 1.54) is 31.4 Å². The van der Waals surface area contributed by atoms with Gasteiger partial charge >= 0.3 is 0 Å². The topological polar surface area (TPSA) is 64.3 Å². The average Bonchev–Trinajstić information content (AvgIpc) is 2.41. The Morgan fingerprint density at radius 2 is 2.00 bits per heavy atom. The minimum Gasteiger partial charge on any atom is -0.497 e. The number of rotatable bonds is 3. The number of carbonyl (C=O) groups excluding carboxylic acids is 1. The van der Waals surface area contributed by atoms with Gasteiger partial charge in [-0.05, 0) is 36.8 Å². The molecular weight excluding hydrogens is 259 g/mol. The van der Waals surface area contributed by atoms with E-state index < -0.39 is 11.7 Å². The molecule has 3 N–H and O–H groups in total. The number of aryl methyl sites for hydroxylation is 1. The Kier molecular flexibility index (Phi) is 3.89. The van der Waals surface area contributed by atoms with E-state index >= 15 is 0 Å². The second-order valence-electron chi connectivity index (χ2n) is 4.43. The largest absolute Gasteiger partial charge is 0.497 e. The number of halogens is 1. The molecule has 2 aromatic rings. The van der Waals surface area contributed by atoms with Crippen molar-refractivity contribution in [3.8, 4) is 5.75 Å². The lowest BCUT2D eigenvalue weighted by Gasteiger charge is -2.09. The molecule has 0 spiro atoms. The molecule has 0 aliphatic carbocycles. The molecule has 0 fully saturated rings. The third kappa shape index (κ3) is 3.06. The van der Waals surface area contributed by atoms with Crippen LogP contribution in [0.3, 0.4) is 0 Å². The van der Waals surface area contributed by atoms with Gasteiger partial charge in [-0.15, -0.1) is 0 Å². The summed E-state index contributed by atoms with van der Waals surface area (Å²) in [4.78, 5) is 12.1. The summed E-state index contributed by atoms with van der Waals surface area (Å²) in [5.74, 6) is -0.452. The molecule has 0 saturated heterocycles. The van der Waals surface area contributed by atoms with Gasteiger partial charge < -0.3 is 15.8 Å². The number of benzene rings is 2. The smallest absolute Gasteiger partial charge is 0.255 e. The molecule has 4 nitrogen and oxygen atoms in total. The van der Waals surface area contributed by atoms with Crippen LogP contribution in [0.5, 0.6) is 5.75 Å². The van der Waals surface area contributed by atoms with Crippen molar-refractivity contribution >= 4 is 17.3 Å². The summed E-state index contributed by atoms with van der Waals surface area (Å²) in [6.07, 6.45) is 0. The van der Waals surface area contributed by atoms with Gasteiger partial charge in [-0.1, -0.05) is 6.07 Å². The number of hydrogen-bond acceptors (Lipinski definition) is 3. The summed E-state index contributed by atoms with van der Waals surface area (Å²) < 4.78 is 18.7. The minimum absolute atomic E-state index is 0.127. The molecular formula is C15H15FN2O2. The van der Waals surface area contributed by atoms with Crippen LogP contribution >= 0.6 is 0 Å². The van der Waals surface area contributed by atoms with Crippen molar-refractivity contribution in [2.24, 2.45) is 0 Å². The standard InChI is InChI=1S/C15H15FN2O2/c1-9-3-4-14(13(16)5-9)18-15(19)10-6-11(17)8-12(7-10)20-2/h3-8H,17H2,1-2H3,(H,18,19). The van der Waals surface area contributed by atoms with Gasteiger partial charge in [0.05, 0.1) is 12.8 Å². The van der Waals surface area contributed by atoms with E-state index in [-0.39, 0.29) is 5.69 Å². The number of methoxy groups -OCH3 is 1. The van der Waals surface area contributed by atoms with E-state index in [4.69, 9.17) is 10.5 Å². The SMILES string of the molecule is COc1cc(N)cc(C(=O)Nc2ccc(C)cc2F)c1.